The summed E-state index contributed by atoms with van der Waals surface area (Å²) in [6, 6.07) is 5.54. The molecule has 1 heterocycles. The van der Waals surface area contributed by atoms with E-state index in [2.05, 4.69) is 20.8 Å². The SMILES string of the molecule is CC.CCOC(=O)c1ccc2c(c1)C(C)(C)CC(C)O2. The molecule has 1 unspecified atom stereocenters. The average molecular weight is 278 g/mol. The number of carbonyl (C=O) groups is 1. The first kappa shape index (κ1) is 16.5. The normalized spacial score (nSPS) is 19.0. The Labute approximate surface area is 122 Å². The van der Waals surface area contributed by atoms with Gasteiger partial charge in [0.25, 0.3) is 0 Å². The van der Waals surface area contributed by atoms with Crippen molar-refractivity contribution in [1.29, 1.82) is 0 Å². The van der Waals surface area contributed by atoms with Crippen molar-refractivity contribution in [3.63, 3.8) is 0 Å². The summed E-state index contributed by atoms with van der Waals surface area (Å²) in [5.41, 5.74) is 1.71. The molecule has 0 fully saturated rings. The van der Waals surface area contributed by atoms with Crippen LogP contribution >= 0.6 is 0 Å². The standard InChI is InChI=1S/C15H20O3.C2H6/c1-5-17-14(16)11-6-7-13-12(8-11)15(3,4)9-10(2)18-13;1-2/h6-8,10H,5,9H2,1-4H3;1-2H3. The quantitative estimate of drug-likeness (QED) is 0.755. The second kappa shape index (κ2) is 6.78. The monoisotopic (exact) mass is 278 g/mol. The van der Waals surface area contributed by atoms with Crippen LogP contribution in [0.1, 0.15) is 63.9 Å². The van der Waals surface area contributed by atoms with E-state index in [1.165, 1.54) is 0 Å². The predicted octanol–water partition coefficient (Wildman–Crippen LogP) is 4.34. The van der Waals surface area contributed by atoms with Crippen molar-refractivity contribution >= 4 is 5.97 Å². The van der Waals surface area contributed by atoms with Crippen molar-refractivity contribution in [3.8, 4) is 5.75 Å². The second-order valence-corrected chi connectivity index (χ2v) is 5.45. The average Bonchev–Trinajstić information content (AvgIpc) is 2.40. The molecule has 0 radical (unpaired) electrons. The van der Waals surface area contributed by atoms with Crippen LogP contribution in [0, 0.1) is 0 Å². The third-order valence-corrected chi connectivity index (χ3v) is 3.35. The minimum atomic E-state index is -0.269. The van der Waals surface area contributed by atoms with Crippen LogP contribution in [0.25, 0.3) is 0 Å². The summed E-state index contributed by atoms with van der Waals surface area (Å²) < 4.78 is 10.8. The zero-order valence-electron chi connectivity index (χ0n) is 13.4. The van der Waals surface area contributed by atoms with E-state index in [-0.39, 0.29) is 17.5 Å². The summed E-state index contributed by atoms with van der Waals surface area (Å²) >= 11 is 0. The van der Waals surface area contributed by atoms with Gasteiger partial charge in [0.05, 0.1) is 18.3 Å². The number of carbonyl (C=O) groups excluding carboxylic acids is 1. The van der Waals surface area contributed by atoms with Gasteiger partial charge in [-0.25, -0.2) is 4.79 Å². The molecule has 1 aromatic carbocycles. The van der Waals surface area contributed by atoms with Crippen LogP contribution in [-0.2, 0) is 10.2 Å². The van der Waals surface area contributed by atoms with E-state index in [0.717, 1.165) is 17.7 Å². The molecule has 3 heteroatoms. The number of fused-ring (bicyclic) bond motifs is 1. The fraction of sp³-hybridized carbons (Fsp3) is 0.588. The Hall–Kier alpha value is -1.51. The van der Waals surface area contributed by atoms with E-state index in [0.29, 0.717) is 12.2 Å². The van der Waals surface area contributed by atoms with Gasteiger partial charge in [0.15, 0.2) is 0 Å². The third-order valence-electron chi connectivity index (χ3n) is 3.35. The lowest BCUT2D eigenvalue weighted by atomic mass is 9.77. The highest BCUT2D eigenvalue weighted by Gasteiger charge is 2.33. The van der Waals surface area contributed by atoms with E-state index in [1.54, 1.807) is 6.07 Å². The lowest BCUT2D eigenvalue weighted by molar-refractivity contribution is 0.0526. The maximum Gasteiger partial charge on any atom is 0.338 e. The molecule has 2 rings (SSSR count). The Morgan fingerprint density at radius 2 is 2.05 bits per heavy atom. The molecule has 1 atom stereocenters. The Morgan fingerprint density at radius 1 is 1.40 bits per heavy atom. The first-order valence-electron chi connectivity index (χ1n) is 7.42. The summed E-state index contributed by atoms with van der Waals surface area (Å²) in [5.74, 6) is 0.613. The molecular formula is C17H26O3. The molecule has 0 saturated heterocycles. The minimum absolute atomic E-state index is 0.0233. The van der Waals surface area contributed by atoms with Crippen molar-refractivity contribution < 1.29 is 14.3 Å². The number of benzene rings is 1. The van der Waals surface area contributed by atoms with Gasteiger partial charge in [-0.05, 0) is 43.9 Å². The topological polar surface area (TPSA) is 35.5 Å². The largest absolute Gasteiger partial charge is 0.490 e. The van der Waals surface area contributed by atoms with E-state index in [1.807, 2.05) is 32.9 Å². The number of esters is 1. The fourth-order valence-corrected chi connectivity index (χ4v) is 2.59. The first-order valence-corrected chi connectivity index (χ1v) is 7.42. The lowest BCUT2D eigenvalue weighted by Crippen LogP contribution is -2.32. The molecule has 0 N–H and O–H groups in total. The van der Waals surface area contributed by atoms with Crippen LogP contribution in [0.3, 0.4) is 0 Å². The molecule has 0 aromatic heterocycles. The molecule has 0 saturated carbocycles. The second-order valence-electron chi connectivity index (χ2n) is 5.45. The number of ether oxygens (including phenoxy) is 2. The van der Waals surface area contributed by atoms with Gasteiger partial charge in [-0.15, -0.1) is 0 Å². The van der Waals surface area contributed by atoms with Gasteiger partial charge in [-0.2, -0.15) is 0 Å². The molecular weight excluding hydrogens is 252 g/mol. The maximum absolute atomic E-state index is 11.7. The Bertz CT molecular complexity index is 463. The van der Waals surface area contributed by atoms with Gasteiger partial charge in [-0.3, -0.25) is 0 Å². The van der Waals surface area contributed by atoms with E-state index in [9.17, 15) is 4.79 Å². The highest BCUT2D eigenvalue weighted by atomic mass is 16.5. The minimum Gasteiger partial charge on any atom is -0.490 e. The smallest absolute Gasteiger partial charge is 0.338 e. The van der Waals surface area contributed by atoms with Crippen molar-refractivity contribution in [2.45, 2.75) is 59.5 Å². The van der Waals surface area contributed by atoms with Gasteiger partial charge in [0.1, 0.15) is 5.75 Å². The number of hydrogen-bond acceptors (Lipinski definition) is 3. The van der Waals surface area contributed by atoms with Crippen LogP contribution in [-0.4, -0.2) is 18.7 Å². The highest BCUT2D eigenvalue weighted by molar-refractivity contribution is 5.90. The molecule has 112 valence electrons. The van der Waals surface area contributed by atoms with Crippen molar-refractivity contribution in [1.82, 2.24) is 0 Å². The predicted molar refractivity (Wildman–Crippen MR) is 81.5 cm³/mol. The Kier molecular flexibility index (Phi) is 5.61. The van der Waals surface area contributed by atoms with Crippen LogP contribution in [0.5, 0.6) is 5.75 Å². The summed E-state index contributed by atoms with van der Waals surface area (Å²) in [7, 11) is 0. The zero-order valence-corrected chi connectivity index (χ0v) is 13.4. The summed E-state index contributed by atoms with van der Waals surface area (Å²) in [6.07, 6.45) is 1.16. The number of hydrogen-bond donors (Lipinski definition) is 0. The number of rotatable bonds is 2. The van der Waals surface area contributed by atoms with Gasteiger partial charge >= 0.3 is 5.97 Å². The molecule has 1 aliphatic rings. The first-order chi connectivity index (χ1) is 9.44. The molecule has 0 amide bonds. The lowest BCUT2D eigenvalue weighted by Gasteiger charge is -2.36. The highest BCUT2D eigenvalue weighted by Crippen LogP contribution is 2.41. The van der Waals surface area contributed by atoms with Gasteiger partial charge < -0.3 is 9.47 Å². The molecule has 1 aromatic rings. The molecule has 20 heavy (non-hydrogen) atoms. The molecule has 0 bridgehead atoms. The van der Waals surface area contributed by atoms with Crippen molar-refractivity contribution in [2.24, 2.45) is 0 Å². The van der Waals surface area contributed by atoms with Crippen molar-refractivity contribution in [3.05, 3.63) is 29.3 Å². The van der Waals surface area contributed by atoms with Crippen LogP contribution < -0.4 is 4.74 Å². The van der Waals surface area contributed by atoms with Gasteiger partial charge in [0.2, 0.25) is 0 Å². The summed E-state index contributed by atoms with van der Waals surface area (Å²) in [4.78, 5) is 11.7. The third kappa shape index (κ3) is 3.53. The molecule has 0 aliphatic carbocycles. The van der Waals surface area contributed by atoms with Crippen LogP contribution in [0.4, 0.5) is 0 Å². The molecule has 3 nitrogen and oxygen atoms in total. The summed E-state index contributed by atoms with van der Waals surface area (Å²) in [5, 5.41) is 0. The van der Waals surface area contributed by atoms with Gasteiger partial charge in [-0.1, -0.05) is 27.7 Å². The van der Waals surface area contributed by atoms with Crippen LogP contribution in [0.15, 0.2) is 18.2 Å². The summed E-state index contributed by atoms with van der Waals surface area (Å²) in [6.45, 7) is 12.6. The van der Waals surface area contributed by atoms with E-state index in [4.69, 9.17) is 9.47 Å². The maximum atomic E-state index is 11.7. The van der Waals surface area contributed by atoms with Crippen LogP contribution in [0.2, 0.25) is 0 Å². The Balaban J connectivity index is 0.000000956. The molecule has 0 spiro atoms. The Morgan fingerprint density at radius 3 is 2.65 bits per heavy atom. The van der Waals surface area contributed by atoms with E-state index < -0.39 is 0 Å². The zero-order chi connectivity index (χ0) is 15.3. The molecule has 1 aliphatic heterocycles. The van der Waals surface area contributed by atoms with Gasteiger partial charge in [0, 0.05) is 5.56 Å². The van der Waals surface area contributed by atoms with Crippen molar-refractivity contribution in [2.75, 3.05) is 6.61 Å². The fourth-order valence-electron chi connectivity index (χ4n) is 2.59. The van der Waals surface area contributed by atoms with E-state index >= 15 is 0 Å².